The molecule has 3 N–H and O–H groups in total. The van der Waals surface area contributed by atoms with Crippen molar-refractivity contribution in [2.24, 2.45) is 5.73 Å². The van der Waals surface area contributed by atoms with Gasteiger partial charge in [0.05, 0.1) is 4.99 Å². The average molecular weight is 271 g/mol. The van der Waals surface area contributed by atoms with Crippen molar-refractivity contribution in [2.45, 2.75) is 6.42 Å². The zero-order valence-electron chi connectivity index (χ0n) is 10.2. The predicted octanol–water partition coefficient (Wildman–Crippen LogP) is 2.16. The topological polar surface area (TPSA) is 68.0 Å². The van der Waals surface area contributed by atoms with Crippen LogP contribution >= 0.6 is 12.2 Å². The van der Waals surface area contributed by atoms with Gasteiger partial charge in [-0.1, -0.05) is 24.4 Å². The molecule has 0 spiro atoms. The Morgan fingerprint density at radius 3 is 2.37 bits per heavy atom. The number of hydrogen-bond donors (Lipinski definition) is 2. The van der Waals surface area contributed by atoms with Crippen molar-refractivity contribution < 1.29 is 4.79 Å². The number of benzene rings is 1. The third-order valence-corrected chi connectivity index (χ3v) is 2.68. The van der Waals surface area contributed by atoms with E-state index in [4.69, 9.17) is 18.0 Å². The summed E-state index contributed by atoms with van der Waals surface area (Å²) in [4.78, 5) is 16.2. The second-order valence-corrected chi connectivity index (χ2v) is 4.55. The van der Waals surface area contributed by atoms with Crippen molar-refractivity contribution in [3.8, 4) is 0 Å². The van der Waals surface area contributed by atoms with Crippen LogP contribution in [0.5, 0.6) is 0 Å². The number of nitrogens with one attached hydrogen (secondary N) is 1. The fourth-order valence-corrected chi connectivity index (χ4v) is 1.78. The molecule has 1 aromatic heterocycles. The Kier molecular flexibility index (Phi) is 4.20. The Hall–Kier alpha value is -2.27. The molecule has 2 aromatic rings. The normalized spacial score (nSPS) is 9.89. The van der Waals surface area contributed by atoms with Gasteiger partial charge in [-0.25, -0.2) is 0 Å². The minimum Gasteiger partial charge on any atom is -0.393 e. The number of anilines is 1. The summed E-state index contributed by atoms with van der Waals surface area (Å²) in [6.07, 6.45) is 3.73. The van der Waals surface area contributed by atoms with Crippen LogP contribution in [0.1, 0.15) is 15.9 Å². The van der Waals surface area contributed by atoms with Crippen LogP contribution in [0.4, 0.5) is 5.69 Å². The molecule has 0 atom stereocenters. The summed E-state index contributed by atoms with van der Waals surface area (Å²) in [7, 11) is 0. The molecule has 96 valence electrons. The van der Waals surface area contributed by atoms with Crippen LogP contribution in [-0.2, 0) is 6.42 Å². The maximum absolute atomic E-state index is 11.9. The highest BCUT2D eigenvalue weighted by Gasteiger charge is 2.05. The molecule has 1 heterocycles. The van der Waals surface area contributed by atoms with E-state index in [1.807, 2.05) is 24.3 Å². The zero-order valence-corrected chi connectivity index (χ0v) is 11.0. The molecule has 0 aliphatic rings. The number of thiocarbonyl (C=S) groups is 1. The first-order chi connectivity index (χ1) is 9.15. The molecule has 4 nitrogen and oxygen atoms in total. The van der Waals surface area contributed by atoms with E-state index >= 15 is 0 Å². The van der Waals surface area contributed by atoms with Crippen molar-refractivity contribution in [1.29, 1.82) is 0 Å². The Balaban J connectivity index is 2.04. The van der Waals surface area contributed by atoms with Gasteiger partial charge in [0.25, 0.3) is 5.91 Å². The number of aromatic nitrogens is 1. The molecule has 0 bridgehead atoms. The van der Waals surface area contributed by atoms with Gasteiger partial charge in [-0.3, -0.25) is 9.78 Å². The van der Waals surface area contributed by atoms with Gasteiger partial charge in [0.2, 0.25) is 0 Å². The fraction of sp³-hybridized carbons (Fsp3) is 0.0714. The summed E-state index contributed by atoms with van der Waals surface area (Å²) in [5.41, 5.74) is 7.80. The number of carbonyl (C=O) groups excluding carboxylic acids is 1. The molecule has 0 aliphatic heterocycles. The second kappa shape index (κ2) is 6.06. The molecule has 0 fully saturated rings. The number of nitrogens with zero attached hydrogens (tertiary/aromatic N) is 1. The van der Waals surface area contributed by atoms with E-state index in [9.17, 15) is 4.79 Å². The minimum atomic E-state index is -0.163. The lowest BCUT2D eigenvalue weighted by molar-refractivity contribution is 0.102. The molecule has 0 saturated heterocycles. The molecule has 19 heavy (non-hydrogen) atoms. The van der Waals surface area contributed by atoms with Crippen molar-refractivity contribution in [2.75, 3.05) is 5.32 Å². The van der Waals surface area contributed by atoms with Gasteiger partial charge in [-0.15, -0.1) is 0 Å². The molecule has 5 heteroatoms. The molecular formula is C14H13N3OS. The first kappa shape index (κ1) is 13.2. The van der Waals surface area contributed by atoms with Crippen molar-refractivity contribution in [3.63, 3.8) is 0 Å². The molecular weight excluding hydrogens is 258 g/mol. The number of pyridine rings is 1. The van der Waals surface area contributed by atoms with Crippen LogP contribution in [0.15, 0.2) is 48.8 Å². The lowest BCUT2D eigenvalue weighted by Crippen LogP contribution is -2.12. The van der Waals surface area contributed by atoms with Crippen molar-refractivity contribution in [1.82, 2.24) is 4.98 Å². The van der Waals surface area contributed by atoms with Gasteiger partial charge in [0.1, 0.15) is 0 Å². The molecule has 1 amide bonds. The number of hydrogen-bond acceptors (Lipinski definition) is 3. The zero-order chi connectivity index (χ0) is 13.7. The van der Waals surface area contributed by atoms with Crippen LogP contribution in [-0.4, -0.2) is 15.9 Å². The smallest absolute Gasteiger partial charge is 0.255 e. The van der Waals surface area contributed by atoms with Crippen LogP contribution in [0.2, 0.25) is 0 Å². The van der Waals surface area contributed by atoms with Crippen LogP contribution in [0, 0.1) is 0 Å². The van der Waals surface area contributed by atoms with Crippen molar-refractivity contribution in [3.05, 3.63) is 59.9 Å². The predicted molar refractivity (Wildman–Crippen MR) is 79.1 cm³/mol. The van der Waals surface area contributed by atoms with Gasteiger partial charge in [-0.2, -0.15) is 0 Å². The Bertz CT molecular complexity index is 581. The van der Waals surface area contributed by atoms with Gasteiger partial charge in [0.15, 0.2) is 0 Å². The maximum atomic E-state index is 11.9. The second-order valence-electron chi connectivity index (χ2n) is 4.03. The Morgan fingerprint density at radius 1 is 1.16 bits per heavy atom. The fourth-order valence-electron chi connectivity index (χ4n) is 1.61. The molecule has 1 aromatic carbocycles. The van der Waals surface area contributed by atoms with Gasteiger partial charge in [-0.05, 0) is 29.8 Å². The van der Waals surface area contributed by atoms with Gasteiger partial charge >= 0.3 is 0 Å². The lowest BCUT2D eigenvalue weighted by Gasteiger charge is -2.06. The van der Waals surface area contributed by atoms with Crippen LogP contribution < -0.4 is 11.1 Å². The Labute approximate surface area is 116 Å². The van der Waals surface area contributed by atoms with Gasteiger partial charge in [0, 0.05) is 30.1 Å². The maximum Gasteiger partial charge on any atom is 0.255 e. The molecule has 2 rings (SSSR count). The van der Waals surface area contributed by atoms with E-state index in [0.717, 1.165) is 11.3 Å². The quantitative estimate of drug-likeness (QED) is 0.836. The molecule has 0 saturated carbocycles. The lowest BCUT2D eigenvalue weighted by atomic mass is 10.1. The summed E-state index contributed by atoms with van der Waals surface area (Å²) >= 11 is 4.85. The van der Waals surface area contributed by atoms with Gasteiger partial charge < -0.3 is 11.1 Å². The minimum absolute atomic E-state index is 0.163. The monoisotopic (exact) mass is 271 g/mol. The van der Waals surface area contributed by atoms with Crippen LogP contribution in [0.25, 0.3) is 0 Å². The SMILES string of the molecule is NC(=S)Cc1ccc(NC(=O)c2ccncc2)cc1. The summed E-state index contributed by atoms with van der Waals surface area (Å²) in [6.45, 7) is 0. The van der Waals surface area contributed by atoms with E-state index in [0.29, 0.717) is 17.0 Å². The first-order valence-corrected chi connectivity index (χ1v) is 6.14. The third kappa shape index (κ3) is 3.86. The molecule has 0 aliphatic carbocycles. The summed E-state index contributed by atoms with van der Waals surface area (Å²) < 4.78 is 0. The van der Waals surface area contributed by atoms with Crippen LogP contribution in [0.3, 0.4) is 0 Å². The third-order valence-electron chi connectivity index (χ3n) is 2.53. The molecule has 0 radical (unpaired) electrons. The standard InChI is InChI=1S/C14H13N3OS/c15-13(19)9-10-1-3-12(4-2-10)17-14(18)11-5-7-16-8-6-11/h1-8H,9H2,(H2,15,19)(H,17,18). The highest BCUT2D eigenvalue weighted by atomic mass is 32.1. The number of carbonyl (C=O) groups is 1. The van der Waals surface area contributed by atoms with Crippen molar-refractivity contribution >= 4 is 28.8 Å². The number of amides is 1. The Morgan fingerprint density at radius 2 is 1.79 bits per heavy atom. The van der Waals surface area contributed by atoms with E-state index in [1.165, 1.54) is 0 Å². The highest BCUT2D eigenvalue weighted by Crippen LogP contribution is 2.11. The number of rotatable bonds is 4. The summed E-state index contributed by atoms with van der Waals surface area (Å²) in [5.74, 6) is -0.163. The van der Waals surface area contributed by atoms with E-state index in [-0.39, 0.29) is 5.91 Å². The highest BCUT2D eigenvalue weighted by molar-refractivity contribution is 7.80. The summed E-state index contributed by atoms with van der Waals surface area (Å²) in [5, 5.41) is 2.81. The first-order valence-electron chi connectivity index (χ1n) is 5.74. The largest absolute Gasteiger partial charge is 0.393 e. The average Bonchev–Trinajstić information content (AvgIpc) is 2.41. The van der Waals surface area contributed by atoms with E-state index in [1.54, 1.807) is 24.5 Å². The molecule has 0 unspecified atom stereocenters. The number of nitrogens with two attached hydrogens (primary N) is 1. The summed E-state index contributed by atoms with van der Waals surface area (Å²) in [6, 6.07) is 10.8. The van der Waals surface area contributed by atoms with E-state index in [2.05, 4.69) is 10.3 Å². The van der Waals surface area contributed by atoms with E-state index < -0.39 is 0 Å².